The molecule has 0 bridgehead atoms. The van der Waals surface area contributed by atoms with Crippen molar-refractivity contribution in [2.24, 2.45) is 4.99 Å². The first-order valence-corrected chi connectivity index (χ1v) is 10.9. The number of carbonyl (C=O) groups is 1. The normalized spacial score (nSPS) is 18.4. The molecule has 31 heavy (non-hydrogen) atoms. The van der Waals surface area contributed by atoms with Crippen molar-refractivity contribution >= 4 is 39.2 Å². The minimum Gasteiger partial charge on any atom is -0.508 e. The van der Waals surface area contributed by atoms with Crippen molar-refractivity contribution in [2.75, 3.05) is 7.11 Å². The maximum Gasteiger partial charge on any atom is 0.337 e. The van der Waals surface area contributed by atoms with Crippen molar-refractivity contribution in [1.82, 2.24) is 5.32 Å². The Kier molecular flexibility index (Phi) is 6.41. The number of nitrogens with one attached hydrogen (secondary N) is 1. The van der Waals surface area contributed by atoms with Crippen LogP contribution in [0.2, 0.25) is 5.02 Å². The minimum atomic E-state index is -0.386. The van der Waals surface area contributed by atoms with Gasteiger partial charge in [-0.1, -0.05) is 51.8 Å². The molecule has 4 rings (SSSR count). The Balaban J connectivity index is 1.74. The number of phenols is 1. The lowest BCUT2D eigenvalue weighted by molar-refractivity contribution is 0.0600. The SMILES string of the molecule is COC(=O)c1ccc([C@H]2N=C(c3cccc(Br)c3)C[C@H](c3cc(Cl)ccc3O)N2)cc1. The Morgan fingerprint density at radius 2 is 1.94 bits per heavy atom. The molecule has 1 heterocycles. The summed E-state index contributed by atoms with van der Waals surface area (Å²) in [6.45, 7) is 0. The zero-order chi connectivity index (χ0) is 22.0. The number of nitrogens with zero attached hydrogens (tertiary/aromatic N) is 1. The van der Waals surface area contributed by atoms with E-state index in [0.717, 1.165) is 21.3 Å². The summed E-state index contributed by atoms with van der Waals surface area (Å²) in [6.07, 6.45) is 0.221. The number of carbonyl (C=O) groups excluding carboxylic acids is 1. The van der Waals surface area contributed by atoms with E-state index in [-0.39, 0.29) is 23.9 Å². The summed E-state index contributed by atoms with van der Waals surface area (Å²) in [7, 11) is 1.36. The largest absolute Gasteiger partial charge is 0.508 e. The van der Waals surface area contributed by atoms with Gasteiger partial charge in [0.25, 0.3) is 0 Å². The number of esters is 1. The molecule has 7 heteroatoms. The molecule has 0 saturated heterocycles. The number of hydrogen-bond acceptors (Lipinski definition) is 5. The van der Waals surface area contributed by atoms with Gasteiger partial charge in [-0.2, -0.15) is 0 Å². The van der Waals surface area contributed by atoms with Crippen molar-refractivity contribution < 1.29 is 14.6 Å². The highest BCUT2D eigenvalue weighted by Gasteiger charge is 2.28. The molecule has 2 N–H and O–H groups in total. The first-order chi connectivity index (χ1) is 14.9. The van der Waals surface area contributed by atoms with Gasteiger partial charge in [0, 0.05) is 33.2 Å². The van der Waals surface area contributed by atoms with Crippen molar-refractivity contribution in [1.29, 1.82) is 0 Å². The third kappa shape index (κ3) is 4.82. The number of halogens is 2. The van der Waals surface area contributed by atoms with E-state index in [1.54, 1.807) is 30.3 Å². The Labute approximate surface area is 193 Å². The first kappa shape index (κ1) is 21.6. The number of phenolic OH excluding ortho intramolecular Hbond substituents is 1. The van der Waals surface area contributed by atoms with E-state index in [2.05, 4.69) is 21.2 Å². The molecule has 2 atom stereocenters. The first-order valence-electron chi connectivity index (χ1n) is 9.70. The highest BCUT2D eigenvalue weighted by molar-refractivity contribution is 9.10. The third-order valence-electron chi connectivity index (χ3n) is 5.21. The highest BCUT2D eigenvalue weighted by atomic mass is 79.9. The van der Waals surface area contributed by atoms with Crippen LogP contribution in [0, 0.1) is 0 Å². The van der Waals surface area contributed by atoms with Crippen molar-refractivity contribution in [2.45, 2.75) is 18.6 Å². The summed E-state index contributed by atoms with van der Waals surface area (Å²) in [6, 6.07) is 20.0. The summed E-state index contributed by atoms with van der Waals surface area (Å²) >= 11 is 9.73. The van der Waals surface area contributed by atoms with Crippen LogP contribution in [0.15, 0.2) is 76.2 Å². The van der Waals surface area contributed by atoms with Crippen LogP contribution in [0.3, 0.4) is 0 Å². The van der Waals surface area contributed by atoms with Gasteiger partial charge in [0.15, 0.2) is 0 Å². The second-order valence-corrected chi connectivity index (χ2v) is 8.58. The molecule has 0 aliphatic carbocycles. The van der Waals surface area contributed by atoms with Crippen molar-refractivity contribution in [3.8, 4) is 5.75 Å². The van der Waals surface area contributed by atoms with Gasteiger partial charge in [-0.05, 0) is 53.6 Å². The zero-order valence-corrected chi connectivity index (χ0v) is 19.0. The van der Waals surface area contributed by atoms with Gasteiger partial charge in [0.1, 0.15) is 11.9 Å². The van der Waals surface area contributed by atoms with E-state index in [1.807, 2.05) is 36.4 Å². The molecule has 0 unspecified atom stereocenters. The molecule has 0 radical (unpaired) electrons. The fraction of sp³-hybridized carbons (Fsp3) is 0.167. The fourth-order valence-corrected chi connectivity index (χ4v) is 4.22. The number of hydrogen-bond donors (Lipinski definition) is 2. The molecule has 3 aromatic rings. The number of benzene rings is 3. The second kappa shape index (κ2) is 9.22. The Bertz CT molecular complexity index is 1150. The molecule has 0 aromatic heterocycles. The molecule has 0 saturated carbocycles. The van der Waals surface area contributed by atoms with Crippen LogP contribution >= 0.6 is 27.5 Å². The van der Waals surface area contributed by atoms with Crippen LogP contribution in [-0.2, 0) is 4.74 Å². The standard InChI is InChI=1S/C24H20BrClN2O3/c1-31-24(30)15-7-5-14(6-8-15)23-27-20(16-3-2-4-17(25)11-16)13-21(28-23)19-12-18(26)9-10-22(19)29/h2-12,21,23,28-29H,13H2,1H3/t21-,23+/m1/s1. The molecule has 0 spiro atoms. The van der Waals surface area contributed by atoms with E-state index in [4.69, 9.17) is 21.3 Å². The monoisotopic (exact) mass is 498 g/mol. The molecule has 1 aliphatic rings. The van der Waals surface area contributed by atoms with E-state index >= 15 is 0 Å². The number of aromatic hydroxyl groups is 1. The molecular weight excluding hydrogens is 480 g/mol. The lowest BCUT2D eigenvalue weighted by Gasteiger charge is -2.31. The number of ether oxygens (including phenoxy) is 1. The zero-order valence-electron chi connectivity index (χ0n) is 16.7. The minimum absolute atomic E-state index is 0.178. The van der Waals surface area contributed by atoms with E-state index in [0.29, 0.717) is 22.6 Å². The van der Waals surface area contributed by atoms with E-state index < -0.39 is 0 Å². The number of aliphatic imine (C=N–C) groups is 1. The molecule has 0 fully saturated rings. The summed E-state index contributed by atoms with van der Waals surface area (Å²) in [4.78, 5) is 16.7. The smallest absolute Gasteiger partial charge is 0.337 e. The number of rotatable bonds is 4. The second-order valence-electron chi connectivity index (χ2n) is 7.23. The topological polar surface area (TPSA) is 70.9 Å². The summed E-state index contributed by atoms with van der Waals surface area (Å²) in [5.74, 6) is -0.208. The van der Waals surface area contributed by atoms with Crippen molar-refractivity contribution in [3.63, 3.8) is 0 Å². The Morgan fingerprint density at radius 3 is 2.65 bits per heavy atom. The predicted molar refractivity (Wildman–Crippen MR) is 125 cm³/mol. The van der Waals surface area contributed by atoms with Crippen LogP contribution in [0.1, 0.15) is 45.7 Å². The summed E-state index contributed by atoms with van der Waals surface area (Å²) < 4.78 is 5.75. The maximum absolute atomic E-state index is 11.8. The van der Waals surface area contributed by atoms with Crippen LogP contribution < -0.4 is 5.32 Å². The molecule has 1 aliphatic heterocycles. The van der Waals surface area contributed by atoms with Gasteiger partial charge in [-0.3, -0.25) is 10.3 Å². The number of methoxy groups -OCH3 is 1. The lowest BCUT2D eigenvalue weighted by Crippen LogP contribution is -2.33. The fourth-order valence-electron chi connectivity index (χ4n) is 3.64. The van der Waals surface area contributed by atoms with Gasteiger partial charge >= 0.3 is 5.97 Å². The summed E-state index contributed by atoms with van der Waals surface area (Å²) in [5.41, 5.74) is 3.99. The molecule has 5 nitrogen and oxygen atoms in total. The lowest BCUT2D eigenvalue weighted by atomic mass is 9.93. The van der Waals surface area contributed by atoms with Gasteiger partial charge in [0.2, 0.25) is 0 Å². The molecule has 0 amide bonds. The quantitative estimate of drug-likeness (QED) is 0.444. The van der Waals surface area contributed by atoms with Crippen LogP contribution in [0.4, 0.5) is 0 Å². The third-order valence-corrected chi connectivity index (χ3v) is 5.94. The maximum atomic E-state index is 11.8. The Hall–Kier alpha value is -2.67. The van der Waals surface area contributed by atoms with Gasteiger partial charge in [-0.15, -0.1) is 0 Å². The highest BCUT2D eigenvalue weighted by Crippen LogP contribution is 2.36. The van der Waals surface area contributed by atoms with E-state index in [9.17, 15) is 9.90 Å². The van der Waals surface area contributed by atoms with Crippen LogP contribution in [0.5, 0.6) is 5.75 Å². The average Bonchev–Trinajstić information content (AvgIpc) is 2.80. The molecule has 158 valence electrons. The van der Waals surface area contributed by atoms with Crippen LogP contribution in [-0.4, -0.2) is 23.9 Å². The average molecular weight is 500 g/mol. The van der Waals surface area contributed by atoms with Gasteiger partial charge < -0.3 is 9.84 Å². The molecule has 3 aromatic carbocycles. The summed E-state index contributed by atoms with van der Waals surface area (Å²) in [5, 5.41) is 14.5. The van der Waals surface area contributed by atoms with E-state index in [1.165, 1.54) is 7.11 Å². The Morgan fingerprint density at radius 1 is 1.16 bits per heavy atom. The van der Waals surface area contributed by atoms with Crippen LogP contribution in [0.25, 0.3) is 0 Å². The van der Waals surface area contributed by atoms with Gasteiger partial charge in [-0.25, -0.2) is 4.79 Å². The predicted octanol–water partition coefficient (Wildman–Crippen LogP) is 5.82. The molecular formula is C24H20BrClN2O3. The van der Waals surface area contributed by atoms with Gasteiger partial charge in [0.05, 0.1) is 12.7 Å². The van der Waals surface area contributed by atoms with Crippen molar-refractivity contribution in [3.05, 3.63) is 98.5 Å².